The molecule has 0 N–H and O–H groups in total. The second kappa shape index (κ2) is 4.87. The summed E-state index contributed by atoms with van der Waals surface area (Å²) in [6.07, 6.45) is 3.60. The molecule has 1 heterocycles. The molecule has 1 aromatic carbocycles. The van der Waals surface area contributed by atoms with Gasteiger partial charge in [0, 0.05) is 31.1 Å². The molecule has 1 fully saturated rings. The van der Waals surface area contributed by atoms with Crippen LogP contribution in [0.1, 0.15) is 38.7 Å². The summed E-state index contributed by atoms with van der Waals surface area (Å²) >= 11 is 0. The van der Waals surface area contributed by atoms with E-state index in [0.29, 0.717) is 12.2 Å². The van der Waals surface area contributed by atoms with Gasteiger partial charge in [-0.25, -0.2) is 4.39 Å². The fraction of sp³-hybridized carbons (Fsp3) is 0.588. The summed E-state index contributed by atoms with van der Waals surface area (Å²) in [5, 5.41) is 0. The van der Waals surface area contributed by atoms with Crippen molar-refractivity contribution in [2.75, 3.05) is 18.0 Å². The van der Waals surface area contributed by atoms with Gasteiger partial charge in [-0.05, 0) is 42.4 Å². The first-order valence-corrected chi connectivity index (χ1v) is 7.51. The summed E-state index contributed by atoms with van der Waals surface area (Å²) in [6.45, 7) is 6.13. The Hall–Kier alpha value is -1.38. The van der Waals surface area contributed by atoms with Crippen LogP contribution in [0.4, 0.5) is 10.1 Å². The van der Waals surface area contributed by atoms with Gasteiger partial charge in [-0.1, -0.05) is 19.9 Å². The smallest absolute Gasteiger partial charge is 0.137 e. The van der Waals surface area contributed by atoms with Crippen LogP contribution in [0, 0.1) is 17.2 Å². The van der Waals surface area contributed by atoms with Crippen molar-refractivity contribution < 1.29 is 9.18 Å². The number of carbonyl (C=O) groups excluding carboxylic acids is 1. The van der Waals surface area contributed by atoms with E-state index in [0.717, 1.165) is 38.0 Å². The van der Waals surface area contributed by atoms with E-state index in [4.69, 9.17) is 0 Å². The van der Waals surface area contributed by atoms with Crippen molar-refractivity contribution in [2.24, 2.45) is 11.3 Å². The van der Waals surface area contributed by atoms with Gasteiger partial charge < -0.3 is 4.90 Å². The van der Waals surface area contributed by atoms with Gasteiger partial charge in [0.2, 0.25) is 0 Å². The number of benzene rings is 1. The third-order valence-corrected chi connectivity index (χ3v) is 4.78. The van der Waals surface area contributed by atoms with Crippen LogP contribution in [0.5, 0.6) is 0 Å². The van der Waals surface area contributed by atoms with E-state index < -0.39 is 0 Å². The van der Waals surface area contributed by atoms with Crippen LogP contribution in [-0.4, -0.2) is 18.9 Å². The van der Waals surface area contributed by atoms with Crippen molar-refractivity contribution in [1.82, 2.24) is 0 Å². The molecule has 2 nitrogen and oxygen atoms in total. The van der Waals surface area contributed by atoms with Gasteiger partial charge in [0.05, 0.1) is 0 Å². The molecule has 1 saturated carbocycles. The van der Waals surface area contributed by atoms with Crippen molar-refractivity contribution in [3.05, 3.63) is 29.6 Å². The summed E-state index contributed by atoms with van der Waals surface area (Å²) in [7, 11) is 0. The van der Waals surface area contributed by atoms with E-state index in [1.54, 1.807) is 6.07 Å². The minimum atomic E-state index is -0.189. The topological polar surface area (TPSA) is 20.3 Å². The fourth-order valence-corrected chi connectivity index (χ4v) is 3.59. The molecule has 3 rings (SSSR count). The van der Waals surface area contributed by atoms with Crippen molar-refractivity contribution in [1.29, 1.82) is 0 Å². The Bertz CT molecular complexity index is 538. The summed E-state index contributed by atoms with van der Waals surface area (Å²) < 4.78 is 13.4. The highest BCUT2D eigenvalue weighted by atomic mass is 19.1. The molecule has 1 atom stereocenters. The average molecular weight is 275 g/mol. The molecule has 0 bridgehead atoms. The van der Waals surface area contributed by atoms with Crippen LogP contribution >= 0.6 is 0 Å². The zero-order chi connectivity index (χ0) is 14.3. The number of ketones is 1. The van der Waals surface area contributed by atoms with Crippen molar-refractivity contribution in [3.8, 4) is 0 Å². The van der Waals surface area contributed by atoms with Crippen molar-refractivity contribution in [3.63, 3.8) is 0 Å². The maximum atomic E-state index is 13.4. The largest absolute Gasteiger partial charge is 0.370 e. The second-order valence-electron chi connectivity index (χ2n) is 7.00. The van der Waals surface area contributed by atoms with Gasteiger partial charge in [0.1, 0.15) is 11.6 Å². The molecule has 0 spiro atoms. The lowest BCUT2D eigenvalue weighted by atomic mass is 9.71. The molecule has 1 aromatic rings. The fourth-order valence-electron chi connectivity index (χ4n) is 3.59. The summed E-state index contributed by atoms with van der Waals surface area (Å²) in [5.74, 6) is 0.299. The zero-order valence-electron chi connectivity index (χ0n) is 12.3. The first kappa shape index (κ1) is 13.6. The highest BCUT2D eigenvalue weighted by molar-refractivity contribution is 5.82. The molecule has 2 aliphatic rings. The normalized spacial score (nSPS) is 24.9. The van der Waals surface area contributed by atoms with Crippen LogP contribution in [0.25, 0.3) is 0 Å². The lowest BCUT2D eigenvalue weighted by Crippen LogP contribution is -2.38. The van der Waals surface area contributed by atoms with Gasteiger partial charge in [-0.2, -0.15) is 0 Å². The highest BCUT2D eigenvalue weighted by Gasteiger charge is 2.35. The van der Waals surface area contributed by atoms with Crippen LogP contribution in [0.2, 0.25) is 0 Å². The summed E-state index contributed by atoms with van der Waals surface area (Å²) in [4.78, 5) is 14.3. The van der Waals surface area contributed by atoms with E-state index in [1.807, 2.05) is 6.07 Å². The monoisotopic (exact) mass is 275 g/mol. The van der Waals surface area contributed by atoms with Crippen LogP contribution in [-0.2, 0) is 11.2 Å². The molecule has 108 valence electrons. The first-order chi connectivity index (χ1) is 9.44. The molecule has 3 heteroatoms. The number of halogens is 1. The number of hydrogen-bond donors (Lipinski definition) is 0. The molecule has 1 aliphatic heterocycles. The number of Topliss-reactive ketones (excluding diaryl/α,β-unsaturated/α-hetero) is 1. The molecule has 0 radical (unpaired) electrons. The minimum absolute atomic E-state index is 0.105. The molecule has 20 heavy (non-hydrogen) atoms. The van der Waals surface area contributed by atoms with E-state index in [2.05, 4.69) is 18.7 Å². The Morgan fingerprint density at radius 3 is 2.95 bits per heavy atom. The molecule has 0 aromatic heterocycles. The third-order valence-electron chi connectivity index (χ3n) is 4.78. The van der Waals surface area contributed by atoms with Crippen molar-refractivity contribution in [2.45, 2.75) is 39.5 Å². The maximum absolute atomic E-state index is 13.4. The van der Waals surface area contributed by atoms with Gasteiger partial charge in [0.15, 0.2) is 0 Å². The number of hydrogen-bond acceptors (Lipinski definition) is 2. The minimum Gasteiger partial charge on any atom is -0.370 e. The third kappa shape index (κ3) is 2.58. The quantitative estimate of drug-likeness (QED) is 0.822. The van der Waals surface area contributed by atoms with Gasteiger partial charge in [0.25, 0.3) is 0 Å². The first-order valence-electron chi connectivity index (χ1n) is 7.51. The van der Waals surface area contributed by atoms with E-state index in [1.165, 1.54) is 11.6 Å². The van der Waals surface area contributed by atoms with Gasteiger partial charge in [-0.15, -0.1) is 0 Å². The Morgan fingerprint density at radius 1 is 1.35 bits per heavy atom. The zero-order valence-corrected chi connectivity index (χ0v) is 12.3. The van der Waals surface area contributed by atoms with Crippen LogP contribution < -0.4 is 4.90 Å². The Kier molecular flexibility index (Phi) is 3.31. The van der Waals surface area contributed by atoms with Crippen LogP contribution in [0.15, 0.2) is 18.2 Å². The van der Waals surface area contributed by atoms with Gasteiger partial charge >= 0.3 is 0 Å². The second-order valence-corrected chi connectivity index (χ2v) is 7.00. The summed E-state index contributed by atoms with van der Waals surface area (Å²) in [6, 6.07) is 5.01. The molecule has 1 unspecified atom stereocenters. The van der Waals surface area contributed by atoms with Crippen molar-refractivity contribution >= 4 is 11.5 Å². The molecule has 0 saturated heterocycles. The lowest BCUT2D eigenvalue weighted by molar-refractivity contribution is -0.126. The number of anilines is 1. The van der Waals surface area contributed by atoms with E-state index in [-0.39, 0.29) is 17.2 Å². The number of fused-ring (bicyclic) bond motifs is 1. The Morgan fingerprint density at radius 2 is 2.15 bits per heavy atom. The lowest BCUT2D eigenvalue weighted by Gasteiger charge is -2.36. The van der Waals surface area contributed by atoms with E-state index in [9.17, 15) is 9.18 Å². The predicted octanol–water partition coefficient (Wildman–Crippen LogP) is 3.58. The average Bonchev–Trinajstić information content (AvgIpc) is 2.76. The van der Waals surface area contributed by atoms with E-state index >= 15 is 0 Å². The highest BCUT2D eigenvalue weighted by Crippen LogP contribution is 2.38. The Balaban J connectivity index is 1.76. The molecular formula is C17H22FNO. The molecular weight excluding hydrogens is 253 g/mol. The Labute approximate surface area is 120 Å². The number of rotatable bonds is 2. The maximum Gasteiger partial charge on any atom is 0.137 e. The number of nitrogens with zero attached hydrogens (tertiary/aromatic N) is 1. The predicted molar refractivity (Wildman–Crippen MR) is 78.4 cm³/mol. The summed E-state index contributed by atoms with van der Waals surface area (Å²) in [5.41, 5.74) is 2.44. The molecule has 0 amide bonds. The SMILES string of the molecule is CC1(C)CCC(=O)C(CN2CCc3ccc(F)cc32)C1. The molecule has 1 aliphatic carbocycles. The van der Waals surface area contributed by atoms with Crippen LogP contribution in [0.3, 0.4) is 0 Å². The standard InChI is InChI=1S/C17H22FNO/c1-17(2)7-5-16(20)13(10-17)11-19-8-6-12-3-4-14(18)9-15(12)19/h3-4,9,13H,5-8,10-11H2,1-2H3. The number of carbonyl (C=O) groups is 1. The van der Waals surface area contributed by atoms with Gasteiger partial charge in [-0.3, -0.25) is 4.79 Å².